The summed E-state index contributed by atoms with van der Waals surface area (Å²) in [7, 11) is 0. The molecule has 150 valence electrons. The molecule has 0 saturated carbocycles. The van der Waals surface area contributed by atoms with Gasteiger partial charge < -0.3 is 35.0 Å². The van der Waals surface area contributed by atoms with Gasteiger partial charge in [-0.1, -0.05) is 60.7 Å². The highest BCUT2D eigenvalue weighted by Crippen LogP contribution is 2.20. The van der Waals surface area contributed by atoms with Crippen LogP contribution in [0.3, 0.4) is 0 Å². The summed E-state index contributed by atoms with van der Waals surface area (Å²) in [4.78, 5) is 36.0. The largest absolute Gasteiger partial charge is 0.528 e. The lowest BCUT2D eigenvalue weighted by Crippen LogP contribution is -2.27. The maximum absolute atomic E-state index is 9.99. The number of benzene rings is 2. The van der Waals surface area contributed by atoms with Gasteiger partial charge in [-0.2, -0.15) is 0 Å². The summed E-state index contributed by atoms with van der Waals surface area (Å²) < 4.78 is 7.28. The Hall–Kier alpha value is -4.12. The molecule has 1 aliphatic rings. The van der Waals surface area contributed by atoms with Crippen LogP contribution in [0.15, 0.2) is 60.7 Å². The van der Waals surface area contributed by atoms with Crippen LogP contribution in [-0.4, -0.2) is 50.2 Å². The van der Waals surface area contributed by atoms with Crippen LogP contribution in [0.5, 0.6) is 0 Å². The molecular weight excluding hydrogens is 380 g/mol. The van der Waals surface area contributed by atoms with E-state index in [1.54, 1.807) is 0 Å². The van der Waals surface area contributed by atoms with Crippen molar-refractivity contribution in [3.05, 3.63) is 71.8 Å². The minimum atomic E-state index is -1.83. The predicted octanol–water partition coefficient (Wildman–Crippen LogP) is 3.49. The first kappa shape index (κ1) is 23.9. The van der Waals surface area contributed by atoms with Gasteiger partial charge in [-0.05, 0) is 11.1 Å². The molecule has 0 aliphatic carbocycles. The predicted molar refractivity (Wildman–Crippen MR) is 91.2 cm³/mol. The molecule has 5 N–H and O–H groups in total. The quantitative estimate of drug-likeness (QED) is 0.369. The van der Waals surface area contributed by atoms with Crippen molar-refractivity contribution >= 4 is 24.6 Å². The third kappa shape index (κ3) is 12.3. The van der Waals surface area contributed by atoms with Gasteiger partial charge in [0.25, 0.3) is 0 Å². The van der Waals surface area contributed by atoms with Crippen LogP contribution in [0, 0.1) is 0 Å². The summed E-state index contributed by atoms with van der Waals surface area (Å²) in [6, 6.07) is 19.3. The topological polar surface area (TPSA) is 188 Å². The minimum Gasteiger partial charge on any atom is -0.450 e. The van der Waals surface area contributed by atoms with E-state index in [-0.39, 0.29) is 0 Å². The molecule has 0 aromatic heterocycles. The molecule has 0 bridgehead atoms. The molecule has 11 heteroatoms. The zero-order valence-corrected chi connectivity index (χ0v) is 14.0. The maximum Gasteiger partial charge on any atom is 0.528 e. The van der Waals surface area contributed by atoms with Crippen molar-refractivity contribution in [3.63, 3.8) is 0 Å². The molecule has 0 unspecified atom stereocenters. The third-order valence-corrected chi connectivity index (χ3v) is 2.56. The number of aliphatic hydroxyl groups excluding tert-OH is 1. The molecule has 1 saturated heterocycles. The normalized spacial score (nSPS) is 10.8. The fraction of sp³-hybridized carbons (Fsp3) is 0.0588. The molecule has 2 aromatic carbocycles. The Kier molecular flexibility index (Phi) is 11.2. The van der Waals surface area contributed by atoms with Crippen molar-refractivity contribution in [1.29, 1.82) is 0 Å². The van der Waals surface area contributed by atoms with Crippen molar-refractivity contribution in [3.8, 4) is 0 Å². The lowest BCUT2D eigenvalue weighted by molar-refractivity contribution is 0.00673. The van der Waals surface area contributed by atoms with Crippen LogP contribution >= 0.6 is 0 Å². The van der Waals surface area contributed by atoms with Crippen LogP contribution < -0.4 is 0 Å². The first-order chi connectivity index (χ1) is 13.1. The molecule has 28 heavy (non-hydrogen) atoms. The van der Waals surface area contributed by atoms with Gasteiger partial charge in [-0.25, -0.2) is 19.2 Å². The van der Waals surface area contributed by atoms with Gasteiger partial charge >= 0.3 is 24.6 Å². The van der Waals surface area contributed by atoms with E-state index < -0.39 is 30.7 Å². The van der Waals surface area contributed by atoms with E-state index in [2.05, 4.69) is 9.47 Å². The molecule has 0 atom stereocenters. The van der Waals surface area contributed by atoms with Crippen molar-refractivity contribution in [2.75, 3.05) is 0 Å². The lowest BCUT2D eigenvalue weighted by Gasteiger charge is -2.10. The molecule has 0 amide bonds. The van der Waals surface area contributed by atoms with E-state index in [1.165, 1.54) is 0 Å². The number of rotatable bonds is 2. The summed E-state index contributed by atoms with van der Waals surface area (Å²) in [6.07, 6.45) is -6.02. The number of hydrogen-bond donors (Lipinski definition) is 5. The van der Waals surface area contributed by atoms with E-state index >= 15 is 0 Å². The summed E-state index contributed by atoms with van der Waals surface area (Å²) in [6.45, 7) is 0. The van der Waals surface area contributed by atoms with Gasteiger partial charge in [0.15, 0.2) is 0 Å². The van der Waals surface area contributed by atoms with Gasteiger partial charge in [0.2, 0.25) is 0 Å². The molecule has 1 heterocycles. The van der Waals surface area contributed by atoms with Crippen LogP contribution in [0.1, 0.15) is 17.2 Å². The summed E-state index contributed by atoms with van der Waals surface area (Å²) in [5, 5.41) is 37.9. The van der Waals surface area contributed by atoms with Gasteiger partial charge in [0.1, 0.15) is 6.10 Å². The number of carbonyl (C=O) groups excluding carboxylic acids is 2. The fourth-order valence-corrected chi connectivity index (χ4v) is 1.61. The van der Waals surface area contributed by atoms with Crippen LogP contribution in [-0.2, 0) is 9.47 Å². The second kappa shape index (κ2) is 13.1. The Balaban J connectivity index is 0.000000430. The zero-order chi connectivity index (χ0) is 21.5. The minimum absolute atomic E-state index is 0.516. The number of carbonyl (C=O) groups is 4. The average molecular weight is 396 g/mol. The van der Waals surface area contributed by atoms with E-state index in [4.69, 9.17) is 30.0 Å². The number of ether oxygens (including phenoxy) is 2. The molecule has 3 rings (SSSR count). The lowest BCUT2D eigenvalue weighted by atomic mass is 10.0. The number of aliphatic hydroxyl groups is 1. The van der Waals surface area contributed by atoms with Gasteiger partial charge in [-0.15, -0.1) is 0 Å². The van der Waals surface area contributed by atoms with Gasteiger partial charge in [0, 0.05) is 0 Å². The zero-order valence-electron chi connectivity index (χ0n) is 14.0. The highest BCUT2D eigenvalue weighted by Gasteiger charge is 2.27. The Labute approximate surface area is 157 Å². The molecule has 0 radical (unpaired) electrons. The monoisotopic (exact) mass is 396 g/mol. The third-order valence-electron chi connectivity index (χ3n) is 2.56. The van der Waals surface area contributed by atoms with Crippen molar-refractivity contribution < 1.29 is 54.2 Å². The van der Waals surface area contributed by atoms with Crippen LogP contribution in [0.25, 0.3) is 0 Å². The van der Waals surface area contributed by atoms with Gasteiger partial charge in [-0.3, -0.25) is 0 Å². The SMILES string of the molecule is O=C(O)O.O=C(O)O.O=C1OC(=O)O1.OC(c1ccccc1)c1ccccc1. The smallest absolute Gasteiger partial charge is 0.450 e. The first-order valence-corrected chi connectivity index (χ1v) is 7.18. The maximum atomic E-state index is 9.99. The van der Waals surface area contributed by atoms with E-state index in [9.17, 15) is 14.7 Å². The second-order valence-electron chi connectivity index (χ2n) is 4.49. The Bertz CT molecular complexity index is 678. The molecule has 1 aliphatic heterocycles. The first-order valence-electron chi connectivity index (χ1n) is 7.18. The highest BCUT2D eigenvalue weighted by molar-refractivity contribution is 5.93. The second-order valence-corrected chi connectivity index (χ2v) is 4.49. The van der Waals surface area contributed by atoms with E-state index in [0.717, 1.165) is 11.1 Å². The number of carboxylic acid groups (broad SMARTS) is 4. The molecule has 11 nitrogen and oxygen atoms in total. The van der Waals surface area contributed by atoms with E-state index in [1.807, 2.05) is 60.7 Å². The summed E-state index contributed by atoms with van der Waals surface area (Å²) in [5.41, 5.74) is 1.86. The number of cyclic esters (lactones) is 4. The summed E-state index contributed by atoms with van der Waals surface area (Å²) in [5.74, 6) is 0. The van der Waals surface area contributed by atoms with Crippen molar-refractivity contribution in [2.45, 2.75) is 6.10 Å². The number of hydrogen-bond acceptors (Lipinski definition) is 7. The van der Waals surface area contributed by atoms with Crippen molar-refractivity contribution in [2.24, 2.45) is 0 Å². The highest BCUT2D eigenvalue weighted by atomic mass is 16.9. The average Bonchev–Trinajstić information content (AvgIpc) is 2.61. The molecule has 2 aromatic rings. The standard InChI is InChI=1S/C13H12O.C2O4.2CH2O3/c14-13(11-7-3-1-4-8-11)12-9-5-2-6-10-12;3-1-5-2(4)6-1;2*2-1(3)4/h1-10,13-14H;;2*(H2,2,3,4). The Morgan fingerprint density at radius 2 is 0.893 bits per heavy atom. The summed E-state index contributed by atoms with van der Waals surface area (Å²) >= 11 is 0. The van der Waals surface area contributed by atoms with Crippen molar-refractivity contribution in [1.82, 2.24) is 0 Å². The molecular formula is C17H16O11. The Morgan fingerprint density at radius 3 is 1.07 bits per heavy atom. The Morgan fingerprint density at radius 1 is 0.643 bits per heavy atom. The van der Waals surface area contributed by atoms with Crippen LogP contribution in [0.4, 0.5) is 19.2 Å². The fourth-order valence-electron chi connectivity index (χ4n) is 1.61. The van der Waals surface area contributed by atoms with Gasteiger partial charge in [0.05, 0.1) is 0 Å². The molecule has 0 spiro atoms. The van der Waals surface area contributed by atoms with E-state index in [0.29, 0.717) is 0 Å². The van der Waals surface area contributed by atoms with Crippen LogP contribution in [0.2, 0.25) is 0 Å². The molecule has 1 fully saturated rings.